The summed E-state index contributed by atoms with van der Waals surface area (Å²) in [7, 11) is 0. The Labute approximate surface area is 143 Å². The van der Waals surface area contributed by atoms with Gasteiger partial charge in [-0.2, -0.15) is 0 Å². The molecule has 0 aliphatic heterocycles. The number of hydrogen-bond donors (Lipinski definition) is 1. The first-order chi connectivity index (χ1) is 11.8. The number of benzene rings is 2. The molecule has 2 nitrogen and oxygen atoms in total. The van der Waals surface area contributed by atoms with Gasteiger partial charge in [0.1, 0.15) is 5.75 Å². The molecule has 0 unspecified atom stereocenters. The van der Waals surface area contributed by atoms with Gasteiger partial charge in [0, 0.05) is 17.5 Å². The predicted octanol–water partition coefficient (Wildman–Crippen LogP) is 5.19. The molecule has 0 saturated carbocycles. The minimum absolute atomic E-state index is 0.347. The Morgan fingerprint density at radius 2 is 1.67 bits per heavy atom. The van der Waals surface area contributed by atoms with Gasteiger partial charge in [-0.15, -0.1) is 0 Å². The second kappa shape index (κ2) is 7.78. The van der Waals surface area contributed by atoms with Gasteiger partial charge >= 0.3 is 0 Å². The monoisotopic (exact) mass is 317 g/mol. The van der Waals surface area contributed by atoms with Gasteiger partial charge in [0.25, 0.3) is 0 Å². The van der Waals surface area contributed by atoms with Crippen molar-refractivity contribution >= 4 is 0 Å². The van der Waals surface area contributed by atoms with E-state index in [1.165, 1.54) is 11.1 Å². The zero-order chi connectivity index (χ0) is 16.8. The zero-order valence-corrected chi connectivity index (χ0v) is 14.1. The van der Waals surface area contributed by atoms with Crippen molar-refractivity contribution < 1.29 is 5.11 Å². The van der Waals surface area contributed by atoms with Crippen LogP contribution in [-0.2, 0) is 19.3 Å². The van der Waals surface area contributed by atoms with Crippen LogP contribution in [0.3, 0.4) is 0 Å². The van der Waals surface area contributed by atoms with Crippen LogP contribution in [-0.4, -0.2) is 10.1 Å². The van der Waals surface area contributed by atoms with Gasteiger partial charge in [0.05, 0.1) is 0 Å². The number of aromatic hydroxyl groups is 1. The number of phenolic OH excluding ortho intramolecular Hbond substituents is 1. The molecule has 1 heterocycles. The summed E-state index contributed by atoms with van der Waals surface area (Å²) < 4.78 is 0. The number of rotatable bonds is 6. The molecule has 0 atom stereocenters. The van der Waals surface area contributed by atoms with Crippen LogP contribution in [0.4, 0.5) is 0 Å². The Kier molecular flexibility index (Phi) is 5.27. The van der Waals surface area contributed by atoms with Crippen molar-refractivity contribution in [2.75, 3.05) is 0 Å². The topological polar surface area (TPSA) is 33.1 Å². The van der Waals surface area contributed by atoms with Crippen LogP contribution in [0.2, 0.25) is 0 Å². The van der Waals surface area contributed by atoms with Crippen LogP contribution in [0, 0.1) is 0 Å². The van der Waals surface area contributed by atoms with E-state index in [1.54, 1.807) is 0 Å². The first-order valence-corrected chi connectivity index (χ1v) is 8.58. The molecule has 1 aromatic heterocycles. The minimum Gasteiger partial charge on any atom is -0.507 e. The lowest BCUT2D eigenvalue weighted by Crippen LogP contribution is -1.97. The Morgan fingerprint density at radius 3 is 2.46 bits per heavy atom. The maximum atomic E-state index is 10.4. The van der Waals surface area contributed by atoms with E-state index in [1.807, 2.05) is 36.5 Å². The second-order valence-electron chi connectivity index (χ2n) is 6.08. The normalized spacial score (nSPS) is 10.7. The third-order valence-electron chi connectivity index (χ3n) is 4.28. The predicted molar refractivity (Wildman–Crippen MR) is 99.2 cm³/mol. The van der Waals surface area contributed by atoms with Crippen molar-refractivity contribution in [3.05, 3.63) is 83.7 Å². The van der Waals surface area contributed by atoms with Gasteiger partial charge in [-0.05, 0) is 60.2 Å². The zero-order valence-electron chi connectivity index (χ0n) is 14.1. The Hall–Kier alpha value is -2.61. The first-order valence-electron chi connectivity index (χ1n) is 8.58. The summed E-state index contributed by atoms with van der Waals surface area (Å²) in [6.07, 6.45) is 5.77. The number of aromatic nitrogens is 1. The van der Waals surface area contributed by atoms with Gasteiger partial charge in [-0.3, -0.25) is 4.98 Å². The van der Waals surface area contributed by atoms with Crippen LogP contribution < -0.4 is 0 Å². The summed E-state index contributed by atoms with van der Waals surface area (Å²) in [5.41, 5.74) is 5.65. The van der Waals surface area contributed by atoms with Crippen molar-refractivity contribution in [3.63, 3.8) is 0 Å². The largest absolute Gasteiger partial charge is 0.507 e. The van der Waals surface area contributed by atoms with Gasteiger partial charge in [-0.1, -0.05) is 49.7 Å². The summed E-state index contributed by atoms with van der Waals surface area (Å²) >= 11 is 0. The lowest BCUT2D eigenvalue weighted by molar-refractivity contribution is 0.477. The molecule has 0 amide bonds. The fourth-order valence-electron chi connectivity index (χ4n) is 3.05. The summed E-state index contributed by atoms with van der Waals surface area (Å²) in [6.45, 7) is 2.17. The molecule has 0 radical (unpaired) electrons. The molecule has 0 aliphatic rings. The van der Waals surface area contributed by atoms with E-state index < -0.39 is 0 Å². The molecular formula is C22H23NO. The second-order valence-corrected chi connectivity index (χ2v) is 6.08. The maximum Gasteiger partial charge on any atom is 0.123 e. The molecule has 0 spiro atoms. The van der Waals surface area contributed by atoms with Crippen molar-refractivity contribution in [1.82, 2.24) is 4.98 Å². The molecule has 122 valence electrons. The number of phenols is 1. The molecule has 0 bridgehead atoms. The Morgan fingerprint density at radius 1 is 0.833 bits per heavy atom. The standard InChI is InChI=1S/C22H23NO/c1-2-7-17-11-14-22(24)21(16-17)20-10-4-3-8-18(20)12-13-19-9-5-6-15-23-19/h3-6,8-11,14-16,24H,2,7,12-13H2,1H3. The molecule has 0 aliphatic carbocycles. The van der Waals surface area contributed by atoms with E-state index in [2.05, 4.69) is 42.2 Å². The van der Waals surface area contributed by atoms with E-state index in [4.69, 9.17) is 0 Å². The third kappa shape index (κ3) is 3.83. The quantitative estimate of drug-likeness (QED) is 0.678. The van der Waals surface area contributed by atoms with Gasteiger partial charge in [-0.25, -0.2) is 0 Å². The van der Waals surface area contributed by atoms with Crippen LogP contribution in [0.15, 0.2) is 66.9 Å². The average Bonchev–Trinajstić information content (AvgIpc) is 2.63. The highest BCUT2D eigenvalue weighted by molar-refractivity contribution is 5.73. The molecule has 24 heavy (non-hydrogen) atoms. The average molecular weight is 317 g/mol. The van der Waals surface area contributed by atoms with E-state index in [-0.39, 0.29) is 0 Å². The first kappa shape index (κ1) is 16.3. The molecule has 2 aromatic carbocycles. The van der Waals surface area contributed by atoms with Crippen LogP contribution in [0.25, 0.3) is 11.1 Å². The van der Waals surface area contributed by atoms with E-state index in [0.29, 0.717) is 5.75 Å². The van der Waals surface area contributed by atoms with E-state index in [9.17, 15) is 5.11 Å². The molecular weight excluding hydrogens is 294 g/mol. The number of hydrogen-bond acceptors (Lipinski definition) is 2. The van der Waals surface area contributed by atoms with Crippen LogP contribution in [0.5, 0.6) is 5.75 Å². The lowest BCUT2D eigenvalue weighted by Gasteiger charge is -2.13. The molecule has 3 rings (SSSR count). The number of pyridine rings is 1. The van der Waals surface area contributed by atoms with Crippen molar-refractivity contribution in [2.45, 2.75) is 32.6 Å². The molecule has 1 N–H and O–H groups in total. The molecule has 3 aromatic rings. The van der Waals surface area contributed by atoms with Gasteiger partial charge < -0.3 is 5.11 Å². The third-order valence-corrected chi connectivity index (χ3v) is 4.28. The van der Waals surface area contributed by atoms with Crippen LogP contribution >= 0.6 is 0 Å². The Balaban J connectivity index is 1.90. The minimum atomic E-state index is 0.347. The Bertz CT molecular complexity index is 796. The van der Waals surface area contributed by atoms with Crippen LogP contribution in [0.1, 0.15) is 30.2 Å². The van der Waals surface area contributed by atoms with Gasteiger partial charge in [0.2, 0.25) is 0 Å². The molecule has 2 heteroatoms. The maximum absolute atomic E-state index is 10.4. The molecule has 0 saturated heterocycles. The fourth-order valence-corrected chi connectivity index (χ4v) is 3.05. The lowest BCUT2D eigenvalue weighted by atomic mass is 9.93. The number of aryl methyl sites for hydroxylation is 3. The summed E-state index contributed by atoms with van der Waals surface area (Å²) in [5, 5.41) is 10.4. The summed E-state index contributed by atoms with van der Waals surface area (Å²) in [4.78, 5) is 4.40. The van der Waals surface area contributed by atoms with E-state index in [0.717, 1.165) is 42.5 Å². The molecule has 0 fully saturated rings. The summed E-state index contributed by atoms with van der Waals surface area (Å²) in [6, 6.07) is 20.3. The van der Waals surface area contributed by atoms with Crippen molar-refractivity contribution in [2.24, 2.45) is 0 Å². The SMILES string of the molecule is CCCc1ccc(O)c(-c2ccccc2CCc2ccccn2)c1. The van der Waals surface area contributed by atoms with Crippen molar-refractivity contribution in [1.29, 1.82) is 0 Å². The number of nitrogens with zero attached hydrogens (tertiary/aromatic N) is 1. The smallest absolute Gasteiger partial charge is 0.123 e. The summed E-state index contributed by atoms with van der Waals surface area (Å²) in [5.74, 6) is 0.347. The highest BCUT2D eigenvalue weighted by Crippen LogP contribution is 2.33. The highest BCUT2D eigenvalue weighted by Gasteiger charge is 2.10. The van der Waals surface area contributed by atoms with Crippen molar-refractivity contribution in [3.8, 4) is 16.9 Å². The highest BCUT2D eigenvalue weighted by atomic mass is 16.3. The fraction of sp³-hybridized carbons (Fsp3) is 0.227. The van der Waals surface area contributed by atoms with Gasteiger partial charge in [0.15, 0.2) is 0 Å². The van der Waals surface area contributed by atoms with E-state index >= 15 is 0 Å².